The summed E-state index contributed by atoms with van der Waals surface area (Å²) in [7, 11) is 0. The van der Waals surface area contributed by atoms with E-state index < -0.39 is 23.9 Å². The Bertz CT molecular complexity index is 1920. The van der Waals surface area contributed by atoms with Crippen LogP contribution in [0.2, 0.25) is 0 Å². The fourth-order valence-corrected chi connectivity index (χ4v) is 6.27. The lowest BCUT2D eigenvalue weighted by atomic mass is 10.0. The molecule has 3 N–H and O–H groups in total. The van der Waals surface area contributed by atoms with Crippen LogP contribution in [-0.4, -0.2) is 41.2 Å². The van der Waals surface area contributed by atoms with Gasteiger partial charge in [-0.05, 0) is 43.0 Å². The minimum absolute atomic E-state index is 0.0206. The number of nitrogens with zero attached hydrogens (tertiary/aromatic N) is 6. The van der Waals surface area contributed by atoms with Crippen molar-refractivity contribution in [3.8, 4) is 21.7 Å². The van der Waals surface area contributed by atoms with E-state index in [1.807, 2.05) is 24.4 Å². The summed E-state index contributed by atoms with van der Waals surface area (Å²) in [5.41, 5.74) is 8.03. The van der Waals surface area contributed by atoms with Crippen LogP contribution in [0.3, 0.4) is 0 Å². The number of carbonyl (C=O) groups is 2. The molecule has 14 heteroatoms. The molecule has 0 bridgehead atoms. The number of carbonyl (C=O) groups excluding carboxylic acids is 2. The van der Waals surface area contributed by atoms with Crippen LogP contribution in [0.1, 0.15) is 44.8 Å². The second kappa shape index (κ2) is 9.88. The number of fused-ring (bicyclic) bond motifs is 2. The van der Waals surface area contributed by atoms with Gasteiger partial charge < -0.3 is 11.1 Å². The summed E-state index contributed by atoms with van der Waals surface area (Å²) in [5.74, 6) is -1.43. The van der Waals surface area contributed by atoms with E-state index in [2.05, 4.69) is 25.5 Å². The zero-order chi connectivity index (χ0) is 28.1. The Morgan fingerprint density at radius 2 is 2.05 bits per heavy atom. The van der Waals surface area contributed by atoms with Gasteiger partial charge in [-0.25, -0.2) is 23.3 Å². The van der Waals surface area contributed by atoms with E-state index in [1.54, 1.807) is 34.6 Å². The largest absolute Gasteiger partial charge is 0.365 e. The van der Waals surface area contributed by atoms with Crippen LogP contribution in [0.25, 0.3) is 37.6 Å². The smallest absolute Gasteiger partial charge is 0.280 e. The molecule has 0 unspecified atom stereocenters. The summed E-state index contributed by atoms with van der Waals surface area (Å²) >= 11 is 2.36. The lowest BCUT2D eigenvalue weighted by molar-refractivity contribution is 0.100. The zero-order valence-corrected chi connectivity index (χ0v) is 22.7. The predicted octanol–water partition coefficient (Wildman–Crippen LogP) is 5.55. The first-order chi connectivity index (χ1) is 19.3. The van der Waals surface area contributed by atoms with Crippen molar-refractivity contribution >= 4 is 56.0 Å². The highest BCUT2D eigenvalue weighted by atomic mass is 32.1. The van der Waals surface area contributed by atoms with Crippen molar-refractivity contribution in [1.29, 1.82) is 0 Å². The Labute approximate surface area is 233 Å². The molecule has 0 aliphatic carbocycles. The molecule has 0 spiro atoms. The van der Waals surface area contributed by atoms with E-state index >= 15 is 0 Å². The third-order valence-electron chi connectivity index (χ3n) is 6.35. The number of halogens is 2. The Kier molecular flexibility index (Phi) is 6.35. The maximum Gasteiger partial charge on any atom is 0.280 e. The van der Waals surface area contributed by atoms with Crippen LogP contribution in [0.5, 0.6) is 0 Å². The molecule has 0 radical (unpaired) electrons. The van der Waals surface area contributed by atoms with Crippen molar-refractivity contribution in [1.82, 2.24) is 29.4 Å². The molecule has 6 heterocycles. The van der Waals surface area contributed by atoms with E-state index in [4.69, 9.17) is 5.73 Å². The van der Waals surface area contributed by atoms with Crippen LogP contribution >= 0.6 is 22.7 Å². The molecule has 6 aromatic heterocycles. The minimum Gasteiger partial charge on any atom is -0.365 e. The van der Waals surface area contributed by atoms with E-state index in [0.29, 0.717) is 34.4 Å². The summed E-state index contributed by atoms with van der Waals surface area (Å²) in [6.45, 7) is 4.22. The van der Waals surface area contributed by atoms with Gasteiger partial charge in [0.15, 0.2) is 5.65 Å². The molecule has 0 fully saturated rings. The zero-order valence-electron chi connectivity index (χ0n) is 21.1. The average Bonchev–Trinajstić information content (AvgIpc) is 3.73. The topological polar surface area (TPSA) is 133 Å². The maximum atomic E-state index is 13.9. The van der Waals surface area contributed by atoms with Crippen LogP contribution in [-0.2, 0) is 6.54 Å². The van der Waals surface area contributed by atoms with Crippen LogP contribution < -0.4 is 11.1 Å². The lowest BCUT2D eigenvalue weighted by Gasteiger charge is -2.10. The second-order valence-corrected chi connectivity index (χ2v) is 10.7. The van der Waals surface area contributed by atoms with Gasteiger partial charge in [0, 0.05) is 29.9 Å². The van der Waals surface area contributed by atoms with Crippen molar-refractivity contribution in [3.05, 3.63) is 70.1 Å². The normalized spacial score (nSPS) is 11.6. The van der Waals surface area contributed by atoms with Crippen molar-refractivity contribution in [2.45, 2.75) is 26.8 Å². The molecule has 0 saturated carbocycles. The number of primary amides is 1. The minimum atomic E-state index is -2.86. The molecule has 202 valence electrons. The number of aryl methyl sites for hydroxylation is 2. The highest BCUT2D eigenvalue weighted by Gasteiger charge is 2.27. The fraction of sp³-hybridized carbons (Fsp3) is 0.154. The molecular formula is C26H20F2N8O2S2. The summed E-state index contributed by atoms with van der Waals surface area (Å²) < 4.78 is 30.9. The van der Waals surface area contributed by atoms with Crippen LogP contribution in [0.4, 0.5) is 14.5 Å². The average molecular weight is 579 g/mol. The number of amides is 2. The third kappa shape index (κ3) is 4.21. The van der Waals surface area contributed by atoms with Crippen LogP contribution in [0.15, 0.2) is 48.2 Å². The first-order valence-electron chi connectivity index (χ1n) is 12.0. The summed E-state index contributed by atoms with van der Waals surface area (Å²) in [6, 6.07) is 6.90. The van der Waals surface area contributed by atoms with E-state index in [-0.39, 0.29) is 21.0 Å². The molecule has 0 atom stereocenters. The Morgan fingerprint density at radius 3 is 2.73 bits per heavy atom. The highest BCUT2D eigenvalue weighted by molar-refractivity contribution is 7.21. The standard InChI is InChI=1S/C26H20F2N8O2S2/c1-3-35-11-15(12(2)34-35)13-9-16(22(27)28)32-26-19(13)20(21(40-26)23(29)37)33-25(38)14-10-31-36-17(6-7-30-24(14)36)18-5-4-8-39-18/h4-11,22H,3H2,1-2H3,(H2,29,37)(H,33,38). The Hall–Kier alpha value is -4.56. The SMILES string of the molecule is CCn1cc(-c2cc(C(F)F)nc3sc(C(N)=O)c(NC(=O)c4cnn5c(-c6cccs6)ccnc45)c23)c(C)n1. The molecular weight excluding hydrogens is 558 g/mol. The number of pyridine rings is 1. The molecule has 0 aromatic carbocycles. The van der Waals surface area contributed by atoms with Crippen LogP contribution in [0, 0.1) is 6.92 Å². The monoisotopic (exact) mass is 578 g/mol. The highest BCUT2D eigenvalue weighted by Crippen LogP contribution is 2.43. The number of alkyl halides is 2. The number of anilines is 1. The molecule has 0 aliphatic heterocycles. The van der Waals surface area contributed by atoms with Crippen molar-refractivity contribution in [2.24, 2.45) is 5.73 Å². The van der Waals surface area contributed by atoms with E-state index in [9.17, 15) is 18.4 Å². The number of hydrogen-bond donors (Lipinski definition) is 2. The second-order valence-electron chi connectivity index (χ2n) is 8.79. The number of nitrogens with one attached hydrogen (secondary N) is 1. The van der Waals surface area contributed by atoms with Gasteiger partial charge in [-0.15, -0.1) is 22.7 Å². The van der Waals surface area contributed by atoms with Gasteiger partial charge in [-0.2, -0.15) is 10.2 Å². The molecule has 6 rings (SSSR count). The number of nitrogens with two attached hydrogens (primary N) is 1. The number of thiophene rings is 2. The Morgan fingerprint density at radius 1 is 1.23 bits per heavy atom. The molecule has 0 saturated heterocycles. The number of aromatic nitrogens is 6. The Balaban J connectivity index is 1.52. The van der Waals surface area contributed by atoms with Gasteiger partial charge >= 0.3 is 0 Å². The van der Waals surface area contributed by atoms with Crippen molar-refractivity contribution in [3.63, 3.8) is 0 Å². The molecule has 0 aliphatic rings. The van der Waals surface area contributed by atoms with Gasteiger partial charge in [0.1, 0.15) is 21.0 Å². The summed E-state index contributed by atoms with van der Waals surface area (Å²) in [6.07, 6.45) is 1.84. The molecule has 10 nitrogen and oxygen atoms in total. The molecule has 2 amide bonds. The number of rotatable bonds is 7. The van der Waals surface area contributed by atoms with E-state index in [1.165, 1.54) is 23.6 Å². The van der Waals surface area contributed by atoms with Gasteiger partial charge in [0.25, 0.3) is 18.2 Å². The fourth-order valence-electron chi connectivity index (χ4n) is 4.52. The lowest BCUT2D eigenvalue weighted by Crippen LogP contribution is -2.17. The van der Waals surface area contributed by atoms with Gasteiger partial charge in [-0.1, -0.05) is 6.07 Å². The first-order valence-corrected chi connectivity index (χ1v) is 13.7. The number of hydrogen-bond acceptors (Lipinski definition) is 8. The van der Waals surface area contributed by atoms with Crippen molar-refractivity contribution in [2.75, 3.05) is 5.32 Å². The van der Waals surface area contributed by atoms with Gasteiger partial charge in [-0.3, -0.25) is 14.3 Å². The van der Waals surface area contributed by atoms with E-state index in [0.717, 1.165) is 21.9 Å². The molecule has 40 heavy (non-hydrogen) atoms. The maximum absolute atomic E-state index is 13.9. The quantitative estimate of drug-likeness (QED) is 0.255. The molecule has 6 aromatic rings. The van der Waals surface area contributed by atoms with Crippen molar-refractivity contribution < 1.29 is 18.4 Å². The summed E-state index contributed by atoms with van der Waals surface area (Å²) in [5, 5.41) is 13.8. The predicted molar refractivity (Wildman–Crippen MR) is 149 cm³/mol. The summed E-state index contributed by atoms with van der Waals surface area (Å²) in [4.78, 5) is 35.6. The third-order valence-corrected chi connectivity index (χ3v) is 8.34. The van der Waals surface area contributed by atoms with Gasteiger partial charge in [0.05, 0.1) is 28.1 Å². The first kappa shape index (κ1) is 25.7. The van der Waals surface area contributed by atoms with Gasteiger partial charge in [0.2, 0.25) is 0 Å².